The Kier molecular flexibility index (Phi) is 11.1. The highest BCUT2D eigenvalue weighted by atomic mass is 16.2. The molecule has 2 aromatic rings. The van der Waals surface area contributed by atoms with Crippen LogP contribution in [0, 0.1) is 5.92 Å². The van der Waals surface area contributed by atoms with Crippen molar-refractivity contribution >= 4 is 11.8 Å². The Morgan fingerprint density at radius 2 is 1.72 bits per heavy atom. The zero-order valence-electron chi connectivity index (χ0n) is 23.0. The van der Waals surface area contributed by atoms with Gasteiger partial charge < -0.3 is 14.4 Å². The van der Waals surface area contributed by atoms with Gasteiger partial charge in [0.1, 0.15) is 6.54 Å². The molecular weight excluding hydrogens is 446 g/mol. The highest BCUT2D eigenvalue weighted by Gasteiger charge is 2.31. The molecule has 3 rings (SSSR count). The molecule has 1 unspecified atom stereocenters. The summed E-state index contributed by atoms with van der Waals surface area (Å²) in [5, 5.41) is 0. The number of unbranched alkanes of at least 4 members (excludes halogenated alkanes) is 1. The van der Waals surface area contributed by atoms with Gasteiger partial charge in [-0.15, -0.1) is 0 Å². The summed E-state index contributed by atoms with van der Waals surface area (Å²) in [6, 6.07) is 14.9. The lowest BCUT2D eigenvalue weighted by Crippen LogP contribution is -2.50. The molecule has 2 amide bonds. The molecule has 198 valence electrons. The largest absolute Gasteiger partial charge is 0.345 e. The van der Waals surface area contributed by atoms with E-state index in [1.807, 2.05) is 24.8 Å². The second kappa shape index (κ2) is 14.2. The maximum Gasteiger partial charge on any atom is 0.242 e. The fourth-order valence-electron chi connectivity index (χ4n) is 5.45. The molecule has 1 aromatic carbocycles. The van der Waals surface area contributed by atoms with Crippen molar-refractivity contribution in [1.29, 1.82) is 0 Å². The Morgan fingerprint density at radius 3 is 2.36 bits per heavy atom. The van der Waals surface area contributed by atoms with Gasteiger partial charge in [-0.1, -0.05) is 76.3 Å². The van der Waals surface area contributed by atoms with Gasteiger partial charge in [0.25, 0.3) is 0 Å². The summed E-state index contributed by atoms with van der Waals surface area (Å²) < 4.78 is 2.25. The van der Waals surface area contributed by atoms with Crippen LogP contribution in [0.2, 0.25) is 0 Å². The van der Waals surface area contributed by atoms with Gasteiger partial charge in [-0.05, 0) is 57.2 Å². The molecule has 1 atom stereocenters. The van der Waals surface area contributed by atoms with E-state index in [0.29, 0.717) is 6.54 Å². The Balaban J connectivity index is 1.79. The van der Waals surface area contributed by atoms with Crippen molar-refractivity contribution in [3.05, 3.63) is 59.9 Å². The lowest BCUT2D eigenvalue weighted by molar-refractivity contribution is -0.146. The Bertz CT molecular complexity index is 930. The maximum atomic E-state index is 13.9. The van der Waals surface area contributed by atoms with Gasteiger partial charge in [-0.3, -0.25) is 9.59 Å². The Hall–Kier alpha value is -2.56. The van der Waals surface area contributed by atoms with Gasteiger partial charge in [0.2, 0.25) is 11.8 Å². The molecule has 0 aliphatic heterocycles. The minimum atomic E-state index is 0.00591. The number of carbonyl (C=O) groups excluding carboxylic acids is 2. The molecule has 0 bridgehead atoms. The first-order chi connectivity index (χ1) is 17.4. The van der Waals surface area contributed by atoms with Crippen molar-refractivity contribution in [2.24, 2.45) is 5.92 Å². The van der Waals surface area contributed by atoms with Crippen LogP contribution in [-0.2, 0) is 22.7 Å². The van der Waals surface area contributed by atoms with Crippen LogP contribution in [0.1, 0.15) is 96.7 Å². The number of nitrogens with zero attached hydrogens (tertiary/aromatic N) is 3. The van der Waals surface area contributed by atoms with Crippen molar-refractivity contribution in [2.75, 3.05) is 6.54 Å². The number of aromatic nitrogens is 1. The molecule has 5 heteroatoms. The SMILES string of the molecule is CCCCC(CC)C(=O)N(CC(=O)N(Cc1cccn1Cc1ccccc1)C1CCCCC1)C(C)C. The van der Waals surface area contributed by atoms with Crippen molar-refractivity contribution in [2.45, 2.75) is 111 Å². The minimum Gasteiger partial charge on any atom is -0.345 e. The zero-order chi connectivity index (χ0) is 25.9. The lowest BCUT2D eigenvalue weighted by atomic mass is 9.93. The second-order valence-electron chi connectivity index (χ2n) is 10.7. The molecule has 1 aromatic heterocycles. The van der Waals surface area contributed by atoms with Crippen molar-refractivity contribution in [1.82, 2.24) is 14.4 Å². The fourth-order valence-corrected chi connectivity index (χ4v) is 5.45. The van der Waals surface area contributed by atoms with Crippen LogP contribution in [0.3, 0.4) is 0 Å². The summed E-state index contributed by atoms with van der Waals surface area (Å²) in [6.07, 6.45) is 11.7. The van der Waals surface area contributed by atoms with Crippen LogP contribution >= 0.6 is 0 Å². The molecule has 0 N–H and O–H groups in total. The predicted octanol–water partition coefficient (Wildman–Crippen LogP) is 6.65. The van der Waals surface area contributed by atoms with E-state index in [2.05, 4.69) is 65.9 Å². The van der Waals surface area contributed by atoms with E-state index in [1.54, 1.807) is 0 Å². The third-order valence-corrected chi connectivity index (χ3v) is 7.75. The van der Waals surface area contributed by atoms with Crippen LogP contribution in [-0.4, -0.2) is 44.8 Å². The number of amides is 2. The van der Waals surface area contributed by atoms with E-state index in [4.69, 9.17) is 0 Å². The van der Waals surface area contributed by atoms with Crippen LogP contribution in [0.25, 0.3) is 0 Å². The Labute approximate surface area is 218 Å². The van der Waals surface area contributed by atoms with E-state index < -0.39 is 0 Å². The first-order valence-electron chi connectivity index (χ1n) is 14.2. The van der Waals surface area contributed by atoms with Gasteiger partial charge in [0.15, 0.2) is 0 Å². The monoisotopic (exact) mass is 493 g/mol. The van der Waals surface area contributed by atoms with Crippen LogP contribution in [0.15, 0.2) is 48.7 Å². The molecule has 1 saturated carbocycles. The number of hydrogen-bond acceptors (Lipinski definition) is 2. The highest BCUT2D eigenvalue weighted by Crippen LogP contribution is 2.26. The molecule has 1 heterocycles. The molecule has 36 heavy (non-hydrogen) atoms. The summed E-state index contributed by atoms with van der Waals surface area (Å²) in [7, 11) is 0. The number of hydrogen-bond donors (Lipinski definition) is 0. The van der Waals surface area contributed by atoms with Crippen molar-refractivity contribution < 1.29 is 9.59 Å². The molecule has 0 spiro atoms. The molecule has 1 aliphatic carbocycles. The first-order valence-corrected chi connectivity index (χ1v) is 14.2. The van der Waals surface area contributed by atoms with E-state index in [-0.39, 0.29) is 36.4 Å². The molecule has 1 fully saturated rings. The lowest BCUT2D eigenvalue weighted by Gasteiger charge is -2.37. The standard InChI is InChI=1S/C31H47N3O2/c1-5-7-17-27(6-2)31(36)33(25(3)4)24-30(35)34(28-18-12-9-13-19-28)23-29-20-14-21-32(29)22-26-15-10-8-11-16-26/h8,10-11,14-16,20-21,25,27-28H,5-7,9,12-13,17-19,22-24H2,1-4H3. The molecule has 0 saturated heterocycles. The summed E-state index contributed by atoms with van der Waals surface area (Å²) in [6.45, 7) is 9.89. The average Bonchev–Trinajstić information content (AvgIpc) is 3.33. The number of rotatable bonds is 13. The summed E-state index contributed by atoms with van der Waals surface area (Å²) in [4.78, 5) is 31.3. The zero-order valence-corrected chi connectivity index (χ0v) is 23.0. The number of carbonyl (C=O) groups is 2. The van der Waals surface area contributed by atoms with E-state index in [9.17, 15) is 9.59 Å². The molecule has 5 nitrogen and oxygen atoms in total. The second-order valence-corrected chi connectivity index (χ2v) is 10.7. The van der Waals surface area contributed by atoms with Crippen molar-refractivity contribution in [3.63, 3.8) is 0 Å². The van der Waals surface area contributed by atoms with Crippen molar-refractivity contribution in [3.8, 4) is 0 Å². The quantitative estimate of drug-likeness (QED) is 0.313. The minimum absolute atomic E-state index is 0.00591. The average molecular weight is 494 g/mol. The summed E-state index contributed by atoms with van der Waals surface area (Å²) in [5.41, 5.74) is 2.40. The third-order valence-electron chi connectivity index (χ3n) is 7.75. The third kappa shape index (κ3) is 7.72. The molecule has 0 radical (unpaired) electrons. The summed E-state index contributed by atoms with van der Waals surface area (Å²) in [5.74, 6) is 0.235. The highest BCUT2D eigenvalue weighted by molar-refractivity contribution is 5.86. The van der Waals surface area contributed by atoms with Crippen LogP contribution in [0.4, 0.5) is 0 Å². The predicted molar refractivity (Wildman–Crippen MR) is 148 cm³/mol. The molecular formula is C31H47N3O2. The smallest absolute Gasteiger partial charge is 0.242 e. The maximum absolute atomic E-state index is 13.9. The van der Waals surface area contributed by atoms with E-state index in [1.165, 1.54) is 24.8 Å². The normalized spacial score (nSPS) is 15.1. The van der Waals surface area contributed by atoms with Crippen LogP contribution in [0.5, 0.6) is 0 Å². The van der Waals surface area contributed by atoms with Gasteiger partial charge in [0, 0.05) is 36.4 Å². The van der Waals surface area contributed by atoms with Gasteiger partial charge in [0.05, 0.1) is 6.54 Å². The van der Waals surface area contributed by atoms with Gasteiger partial charge >= 0.3 is 0 Å². The van der Waals surface area contributed by atoms with Gasteiger partial charge in [-0.25, -0.2) is 0 Å². The number of benzene rings is 1. The van der Waals surface area contributed by atoms with E-state index >= 15 is 0 Å². The van der Waals surface area contributed by atoms with E-state index in [0.717, 1.165) is 50.8 Å². The summed E-state index contributed by atoms with van der Waals surface area (Å²) >= 11 is 0. The Morgan fingerprint density at radius 1 is 1.00 bits per heavy atom. The first kappa shape index (κ1) is 28.0. The van der Waals surface area contributed by atoms with Gasteiger partial charge in [-0.2, -0.15) is 0 Å². The molecule has 1 aliphatic rings. The topological polar surface area (TPSA) is 45.6 Å². The fraction of sp³-hybridized carbons (Fsp3) is 0.613. The van der Waals surface area contributed by atoms with Crippen LogP contribution < -0.4 is 0 Å².